The second-order valence-corrected chi connectivity index (χ2v) is 5.56. The Bertz CT molecular complexity index is 297. The Balaban J connectivity index is 0.00000144. The molecule has 0 radical (unpaired) electrons. The van der Waals surface area contributed by atoms with Gasteiger partial charge in [0.15, 0.2) is 0 Å². The molecular weight excluding hydrogens is 374 g/mol. The van der Waals surface area contributed by atoms with Crippen molar-refractivity contribution < 1.29 is 30.9 Å². The summed E-state index contributed by atoms with van der Waals surface area (Å²) in [5.41, 5.74) is 0.828. The molecule has 0 unspecified atom stereocenters. The van der Waals surface area contributed by atoms with Crippen LogP contribution in [-0.2, 0) is 30.9 Å². The molecule has 0 saturated carbocycles. The van der Waals surface area contributed by atoms with Gasteiger partial charge in [-0.25, -0.2) is 0 Å². The molecule has 0 aromatic heterocycles. The molecule has 0 spiro atoms. The van der Waals surface area contributed by atoms with Crippen LogP contribution in [0.1, 0.15) is 0 Å². The maximum absolute atomic E-state index is 10.8. The van der Waals surface area contributed by atoms with E-state index in [-0.39, 0.29) is 18.3 Å². The number of amides is 1. The number of hydrogen-bond acceptors (Lipinski definition) is 1. The Morgan fingerprint density at radius 1 is 1.38 bits per heavy atom. The summed E-state index contributed by atoms with van der Waals surface area (Å²) >= 11 is 0.654. The third-order valence-corrected chi connectivity index (χ3v) is 3.24. The van der Waals surface area contributed by atoms with E-state index >= 15 is 0 Å². The number of anilines is 1. The van der Waals surface area contributed by atoms with Gasteiger partial charge in [-0.05, 0) is 0 Å². The van der Waals surface area contributed by atoms with Crippen molar-refractivity contribution in [3.05, 3.63) is 36.9 Å². The number of carbonyl (C=O) groups is 1. The molecule has 0 heterocycles. The molecular formula is C9H9ClHgNO. The van der Waals surface area contributed by atoms with Crippen LogP contribution in [0.2, 0.25) is 0 Å². The molecule has 0 saturated heterocycles. The summed E-state index contributed by atoms with van der Waals surface area (Å²) < 4.78 is 1.37. The minimum atomic E-state index is -0.166. The molecule has 1 aromatic rings. The summed E-state index contributed by atoms with van der Waals surface area (Å²) in [5.74, 6) is -0.166. The number of hydrogen-bond donors (Lipinski definition) is 1. The minimum Gasteiger partial charge on any atom is -0.147 e. The van der Waals surface area contributed by atoms with Gasteiger partial charge in [0.2, 0.25) is 0 Å². The van der Waals surface area contributed by atoms with Crippen LogP contribution in [0, 0.1) is 0 Å². The van der Waals surface area contributed by atoms with Crippen LogP contribution >= 0.6 is 12.4 Å². The first-order chi connectivity index (χ1) is 5.72. The Morgan fingerprint density at radius 2 is 1.92 bits per heavy atom. The van der Waals surface area contributed by atoms with Gasteiger partial charge in [-0.15, -0.1) is 12.4 Å². The zero-order valence-electron chi connectivity index (χ0n) is 7.12. The maximum Gasteiger partial charge on any atom is -0.147 e. The first-order valence-corrected chi connectivity index (χ1v) is 6.32. The van der Waals surface area contributed by atoms with E-state index in [1.165, 1.54) is 9.15 Å². The van der Waals surface area contributed by atoms with Gasteiger partial charge in [0.1, 0.15) is 0 Å². The van der Waals surface area contributed by atoms with E-state index in [1.54, 1.807) is 0 Å². The fourth-order valence-corrected chi connectivity index (χ4v) is 1.70. The fourth-order valence-electron chi connectivity index (χ4n) is 0.781. The standard InChI is InChI=1S/C9H8NO.ClH.Hg/c1-2-9(11)10-8-6-4-3-5-7-8;;/h2,4-7H,1H2,(H,10,11);1H;. The van der Waals surface area contributed by atoms with Crippen molar-refractivity contribution >= 4 is 27.1 Å². The fraction of sp³-hybridized carbons (Fsp3) is 0. The van der Waals surface area contributed by atoms with Crippen molar-refractivity contribution in [1.29, 1.82) is 0 Å². The van der Waals surface area contributed by atoms with Crippen LogP contribution in [0.4, 0.5) is 5.69 Å². The second-order valence-electron chi connectivity index (χ2n) is 2.39. The van der Waals surface area contributed by atoms with Gasteiger partial charge in [-0.2, -0.15) is 0 Å². The second kappa shape index (κ2) is 6.16. The predicted octanol–water partition coefficient (Wildman–Crippen LogP) is 1.40. The van der Waals surface area contributed by atoms with Crippen LogP contribution in [0.5, 0.6) is 0 Å². The van der Waals surface area contributed by atoms with Crippen molar-refractivity contribution in [2.45, 2.75) is 0 Å². The molecule has 0 aliphatic heterocycles. The van der Waals surface area contributed by atoms with Crippen LogP contribution in [-0.4, -0.2) is 5.91 Å². The van der Waals surface area contributed by atoms with Crippen molar-refractivity contribution in [3.63, 3.8) is 0 Å². The number of halogens is 1. The molecule has 1 rings (SSSR count). The molecule has 0 aliphatic rings. The molecule has 65 valence electrons. The smallest absolute Gasteiger partial charge is 0.147 e. The number of rotatable bonds is 2. The maximum atomic E-state index is 10.8. The largest absolute Gasteiger partial charge is 0.147 e. The molecule has 1 aromatic carbocycles. The Morgan fingerprint density at radius 3 is 2.38 bits per heavy atom. The average Bonchev–Trinajstić information content (AvgIpc) is 2.09. The summed E-state index contributed by atoms with van der Waals surface area (Å²) in [6, 6.07) is 7.87. The van der Waals surface area contributed by atoms with Crippen LogP contribution in [0.25, 0.3) is 0 Å². The third-order valence-electron chi connectivity index (χ3n) is 1.41. The van der Waals surface area contributed by atoms with E-state index in [9.17, 15) is 4.79 Å². The van der Waals surface area contributed by atoms with Crippen molar-refractivity contribution in [1.82, 2.24) is 0 Å². The van der Waals surface area contributed by atoms with E-state index in [0.717, 1.165) is 5.69 Å². The molecule has 0 bridgehead atoms. The molecule has 1 N–H and O–H groups in total. The van der Waals surface area contributed by atoms with Crippen LogP contribution in [0.15, 0.2) is 36.9 Å². The normalized spacial score (nSPS) is 8.46. The molecule has 1 amide bonds. The topological polar surface area (TPSA) is 29.1 Å². The third kappa shape index (κ3) is 4.43. The molecule has 13 heavy (non-hydrogen) atoms. The number of nitrogens with one attached hydrogen (secondary N) is 1. The summed E-state index contributed by atoms with van der Waals surface area (Å²) in [6.07, 6.45) is 1.26. The van der Waals surface area contributed by atoms with Gasteiger partial charge in [-0.1, -0.05) is 0 Å². The average molecular weight is 383 g/mol. The van der Waals surface area contributed by atoms with E-state index in [2.05, 4.69) is 11.9 Å². The summed E-state index contributed by atoms with van der Waals surface area (Å²) in [6.45, 7) is 3.37. The Hall–Kier alpha value is -0.345. The van der Waals surface area contributed by atoms with E-state index in [1.807, 2.05) is 24.3 Å². The van der Waals surface area contributed by atoms with Gasteiger partial charge in [0.05, 0.1) is 0 Å². The van der Waals surface area contributed by atoms with E-state index < -0.39 is 0 Å². The van der Waals surface area contributed by atoms with Gasteiger partial charge in [0, 0.05) is 0 Å². The quantitative estimate of drug-likeness (QED) is 0.608. The van der Waals surface area contributed by atoms with Gasteiger partial charge in [0.25, 0.3) is 0 Å². The summed E-state index contributed by atoms with van der Waals surface area (Å²) in [4.78, 5) is 10.8. The van der Waals surface area contributed by atoms with E-state index in [0.29, 0.717) is 26.1 Å². The number of benzene rings is 1. The molecule has 0 atom stereocenters. The molecule has 2 nitrogen and oxygen atoms in total. The SMILES string of the molecule is C=CC(=O)Nc1cc[c]([Hg])cc1.Cl. The summed E-state index contributed by atoms with van der Waals surface area (Å²) in [5, 5.41) is 2.68. The van der Waals surface area contributed by atoms with Gasteiger partial charge in [-0.3, -0.25) is 0 Å². The summed E-state index contributed by atoms with van der Waals surface area (Å²) in [7, 11) is 0. The molecule has 0 aliphatic carbocycles. The van der Waals surface area contributed by atoms with Crippen LogP contribution in [0.3, 0.4) is 0 Å². The molecule has 4 heteroatoms. The first-order valence-electron chi connectivity index (χ1n) is 3.58. The van der Waals surface area contributed by atoms with Crippen LogP contribution < -0.4 is 8.39 Å². The van der Waals surface area contributed by atoms with Gasteiger partial charge >= 0.3 is 87.8 Å². The van der Waals surface area contributed by atoms with Crippen molar-refractivity contribution in [3.8, 4) is 0 Å². The number of carbonyl (C=O) groups excluding carboxylic acids is 1. The molecule has 0 fully saturated rings. The van der Waals surface area contributed by atoms with Gasteiger partial charge < -0.3 is 0 Å². The van der Waals surface area contributed by atoms with Crippen molar-refractivity contribution in [2.75, 3.05) is 5.32 Å². The van der Waals surface area contributed by atoms with Crippen molar-refractivity contribution in [2.24, 2.45) is 0 Å². The van der Waals surface area contributed by atoms with E-state index in [4.69, 9.17) is 0 Å². The minimum absolute atomic E-state index is 0. The Kier molecular flexibility index (Phi) is 6.00. The zero-order chi connectivity index (χ0) is 8.97. The first kappa shape index (κ1) is 12.7. The zero-order valence-corrected chi connectivity index (χ0v) is 13.4. The predicted molar refractivity (Wildman–Crippen MR) is 52.2 cm³/mol. The Labute approximate surface area is 99.8 Å². The monoisotopic (exact) mass is 384 g/mol.